The van der Waals surface area contributed by atoms with Crippen molar-refractivity contribution in [2.24, 2.45) is 0 Å². The van der Waals surface area contributed by atoms with Crippen LogP contribution in [0.2, 0.25) is 0 Å². The predicted octanol–water partition coefficient (Wildman–Crippen LogP) is 3.98. The van der Waals surface area contributed by atoms with Crippen LogP contribution in [0.4, 0.5) is 5.69 Å². The minimum Gasteiger partial charge on any atom is -0.497 e. The van der Waals surface area contributed by atoms with Crippen LogP contribution < -0.4 is 25.1 Å². The predicted molar refractivity (Wildman–Crippen MR) is 135 cm³/mol. The van der Waals surface area contributed by atoms with E-state index in [1.807, 2.05) is 30.3 Å². The molecular weight excluding hydrogens is 466 g/mol. The van der Waals surface area contributed by atoms with Crippen molar-refractivity contribution in [2.45, 2.75) is 17.8 Å². The summed E-state index contributed by atoms with van der Waals surface area (Å²) in [4.78, 5) is 30.7. The van der Waals surface area contributed by atoms with Crippen LogP contribution in [0.25, 0.3) is 10.9 Å². The first-order valence-electron chi connectivity index (χ1n) is 11.1. The van der Waals surface area contributed by atoms with Gasteiger partial charge >= 0.3 is 0 Å². The first kappa shape index (κ1) is 22.8. The normalized spacial score (nSPS) is 14.5. The molecule has 2 heterocycles. The molecule has 0 spiro atoms. The number of thioether (sulfide) groups is 1. The van der Waals surface area contributed by atoms with Crippen molar-refractivity contribution in [1.29, 1.82) is 0 Å². The second kappa shape index (κ2) is 10.1. The monoisotopic (exact) mass is 489 g/mol. The van der Waals surface area contributed by atoms with Crippen molar-refractivity contribution < 1.29 is 19.0 Å². The van der Waals surface area contributed by atoms with E-state index in [4.69, 9.17) is 14.2 Å². The van der Waals surface area contributed by atoms with Crippen LogP contribution >= 0.6 is 11.8 Å². The summed E-state index contributed by atoms with van der Waals surface area (Å²) >= 11 is 1.20. The summed E-state index contributed by atoms with van der Waals surface area (Å²) in [5, 5.41) is 3.80. The zero-order valence-corrected chi connectivity index (χ0v) is 19.8. The molecule has 5 rings (SSSR count). The van der Waals surface area contributed by atoms with Crippen molar-refractivity contribution >= 4 is 34.3 Å². The lowest BCUT2D eigenvalue weighted by molar-refractivity contribution is -0.113. The molecule has 0 radical (unpaired) electrons. The number of aromatic nitrogens is 2. The molecule has 1 unspecified atom stereocenters. The summed E-state index contributed by atoms with van der Waals surface area (Å²) in [6.07, 6.45) is -0.379. The molecule has 1 aliphatic heterocycles. The Bertz CT molecular complexity index is 1440. The topological polar surface area (TPSA) is 91.7 Å². The molecule has 3 aromatic carbocycles. The highest BCUT2D eigenvalue weighted by Gasteiger charge is 2.24. The number of ether oxygens (including phenoxy) is 3. The number of hydrogen-bond acceptors (Lipinski definition) is 7. The number of methoxy groups -OCH3 is 1. The molecule has 1 N–H and O–H groups in total. The maximum absolute atomic E-state index is 13.4. The first-order chi connectivity index (χ1) is 17.1. The zero-order valence-electron chi connectivity index (χ0n) is 19.0. The summed E-state index contributed by atoms with van der Waals surface area (Å²) in [5.41, 5.74) is 1.02. The fourth-order valence-corrected chi connectivity index (χ4v) is 4.61. The Morgan fingerprint density at radius 2 is 1.91 bits per heavy atom. The molecule has 35 heavy (non-hydrogen) atoms. The number of hydrogen-bond donors (Lipinski definition) is 1. The molecule has 0 saturated heterocycles. The average Bonchev–Trinajstić information content (AvgIpc) is 2.89. The van der Waals surface area contributed by atoms with Crippen LogP contribution in [0.3, 0.4) is 0 Å². The Kier molecular flexibility index (Phi) is 6.58. The Morgan fingerprint density at radius 3 is 2.77 bits per heavy atom. The number of benzene rings is 3. The van der Waals surface area contributed by atoms with Crippen molar-refractivity contribution in [2.75, 3.05) is 24.8 Å². The number of rotatable bonds is 7. The van der Waals surface area contributed by atoms with Crippen LogP contribution in [-0.4, -0.2) is 41.0 Å². The smallest absolute Gasteiger partial charge is 0.262 e. The fourth-order valence-electron chi connectivity index (χ4n) is 3.80. The molecule has 8 nitrogen and oxygen atoms in total. The second-order valence-electron chi connectivity index (χ2n) is 7.89. The summed E-state index contributed by atoms with van der Waals surface area (Å²) < 4.78 is 18.7. The molecule has 0 aliphatic carbocycles. The minimum atomic E-state index is -0.379. The van der Waals surface area contributed by atoms with E-state index in [0.29, 0.717) is 45.6 Å². The molecule has 9 heteroatoms. The summed E-state index contributed by atoms with van der Waals surface area (Å²) in [7, 11) is 1.57. The third-order valence-electron chi connectivity index (χ3n) is 5.47. The number of para-hydroxylation sites is 3. The Morgan fingerprint density at radius 1 is 1.11 bits per heavy atom. The molecule has 1 aromatic heterocycles. The number of carbonyl (C=O) groups excluding carboxylic acids is 1. The maximum atomic E-state index is 13.4. The number of carbonyl (C=O) groups is 1. The van der Waals surface area contributed by atoms with Crippen molar-refractivity contribution in [3.8, 4) is 17.2 Å². The Labute approximate surface area is 205 Å². The van der Waals surface area contributed by atoms with E-state index < -0.39 is 0 Å². The number of fused-ring (bicyclic) bond motifs is 2. The van der Waals surface area contributed by atoms with Gasteiger partial charge in [-0.2, -0.15) is 0 Å². The number of nitrogens with one attached hydrogen (secondary N) is 1. The van der Waals surface area contributed by atoms with Crippen LogP contribution in [0, 0.1) is 0 Å². The van der Waals surface area contributed by atoms with Gasteiger partial charge in [0.25, 0.3) is 5.56 Å². The maximum Gasteiger partial charge on any atom is 0.262 e. The van der Waals surface area contributed by atoms with Gasteiger partial charge in [-0.1, -0.05) is 42.1 Å². The number of amides is 1. The molecule has 4 aromatic rings. The third-order valence-corrected chi connectivity index (χ3v) is 6.44. The number of nitrogens with zero attached hydrogens (tertiary/aromatic N) is 2. The Hall–Kier alpha value is -3.98. The van der Waals surface area contributed by atoms with Gasteiger partial charge in [-0.3, -0.25) is 14.2 Å². The molecule has 1 amide bonds. The van der Waals surface area contributed by atoms with Crippen molar-refractivity contribution in [3.63, 3.8) is 0 Å². The third kappa shape index (κ3) is 5.09. The summed E-state index contributed by atoms with van der Waals surface area (Å²) in [6, 6.07) is 21.7. The van der Waals surface area contributed by atoms with E-state index in [1.54, 1.807) is 54.1 Å². The molecular formula is C26H23N3O5S. The number of anilines is 1. The van der Waals surface area contributed by atoms with Gasteiger partial charge in [0, 0.05) is 11.8 Å². The van der Waals surface area contributed by atoms with Crippen LogP contribution in [0.5, 0.6) is 17.2 Å². The molecule has 1 atom stereocenters. The molecule has 0 saturated carbocycles. The lowest BCUT2D eigenvalue weighted by Gasteiger charge is -2.27. The zero-order chi connectivity index (χ0) is 24.2. The standard InChI is InChI=1S/C26H23N3O5S/c1-32-18-8-6-7-17(13-18)27-24(30)16-35-26-28-21-10-3-2-9-20(21)25(31)29(26)14-19-15-33-22-11-4-5-12-23(22)34-19/h2-13,19H,14-16H2,1H3,(H,27,30). The quantitative estimate of drug-likeness (QED) is 0.310. The van der Waals surface area contributed by atoms with Gasteiger partial charge in [0.2, 0.25) is 5.91 Å². The van der Waals surface area contributed by atoms with Crippen LogP contribution in [0.15, 0.2) is 82.7 Å². The highest BCUT2D eigenvalue weighted by molar-refractivity contribution is 7.99. The van der Waals surface area contributed by atoms with Gasteiger partial charge in [0.05, 0.1) is 30.3 Å². The van der Waals surface area contributed by atoms with Gasteiger partial charge in [-0.05, 0) is 36.4 Å². The fraction of sp³-hybridized carbons (Fsp3) is 0.192. The van der Waals surface area contributed by atoms with E-state index >= 15 is 0 Å². The van der Waals surface area contributed by atoms with Gasteiger partial charge in [0.1, 0.15) is 12.4 Å². The molecule has 0 bridgehead atoms. The van der Waals surface area contributed by atoms with E-state index in [1.165, 1.54) is 11.8 Å². The molecule has 1 aliphatic rings. The average molecular weight is 490 g/mol. The highest BCUT2D eigenvalue weighted by atomic mass is 32.2. The van der Waals surface area contributed by atoms with Crippen molar-refractivity contribution in [3.05, 3.63) is 83.2 Å². The lowest BCUT2D eigenvalue weighted by Crippen LogP contribution is -2.37. The molecule has 0 fully saturated rings. The van der Waals surface area contributed by atoms with Crippen LogP contribution in [0.1, 0.15) is 0 Å². The largest absolute Gasteiger partial charge is 0.497 e. The lowest BCUT2D eigenvalue weighted by atomic mass is 10.2. The van der Waals surface area contributed by atoms with E-state index in [-0.39, 0.29) is 29.9 Å². The minimum absolute atomic E-state index is 0.0762. The highest BCUT2D eigenvalue weighted by Crippen LogP contribution is 2.31. The summed E-state index contributed by atoms with van der Waals surface area (Å²) in [5.74, 6) is 1.82. The first-order valence-corrected chi connectivity index (χ1v) is 12.0. The summed E-state index contributed by atoms with van der Waals surface area (Å²) in [6.45, 7) is 0.543. The molecule has 178 valence electrons. The van der Waals surface area contributed by atoms with E-state index in [9.17, 15) is 9.59 Å². The van der Waals surface area contributed by atoms with E-state index in [0.717, 1.165) is 0 Å². The van der Waals surface area contributed by atoms with Crippen molar-refractivity contribution in [1.82, 2.24) is 9.55 Å². The van der Waals surface area contributed by atoms with Gasteiger partial charge < -0.3 is 19.5 Å². The van der Waals surface area contributed by atoms with Crippen LogP contribution in [-0.2, 0) is 11.3 Å². The second-order valence-corrected chi connectivity index (χ2v) is 8.84. The van der Waals surface area contributed by atoms with E-state index in [2.05, 4.69) is 10.3 Å². The van der Waals surface area contributed by atoms with Gasteiger partial charge in [-0.15, -0.1) is 0 Å². The van der Waals surface area contributed by atoms with Gasteiger partial charge in [-0.25, -0.2) is 4.98 Å². The SMILES string of the molecule is COc1cccc(NC(=O)CSc2nc3ccccc3c(=O)n2CC2COc3ccccc3O2)c1. The van der Waals surface area contributed by atoms with Gasteiger partial charge in [0.15, 0.2) is 22.8 Å². The Balaban J connectivity index is 1.37.